The van der Waals surface area contributed by atoms with Gasteiger partial charge in [0.25, 0.3) is 0 Å². The SMILES string of the molecule is N#CC1(c2nc3cc(Cl)ccn3n2)COC1. The molecule has 0 N–H and O–H groups in total. The zero-order chi connectivity index (χ0) is 11.2. The van der Waals surface area contributed by atoms with Gasteiger partial charge < -0.3 is 4.74 Å². The molecule has 1 aliphatic rings. The molecule has 0 atom stereocenters. The predicted molar refractivity (Wildman–Crippen MR) is 56.1 cm³/mol. The molecule has 0 aromatic carbocycles. The molecule has 6 heteroatoms. The van der Waals surface area contributed by atoms with E-state index in [0.29, 0.717) is 29.7 Å². The summed E-state index contributed by atoms with van der Waals surface area (Å²) >= 11 is 5.85. The van der Waals surface area contributed by atoms with Crippen LogP contribution in [0.5, 0.6) is 0 Å². The Bertz CT molecular complexity index is 596. The van der Waals surface area contributed by atoms with Gasteiger partial charge in [0.1, 0.15) is 0 Å². The van der Waals surface area contributed by atoms with Crippen LogP contribution in [0.1, 0.15) is 5.82 Å². The van der Waals surface area contributed by atoms with Crippen molar-refractivity contribution in [1.82, 2.24) is 14.6 Å². The topological polar surface area (TPSA) is 63.2 Å². The van der Waals surface area contributed by atoms with Crippen molar-refractivity contribution >= 4 is 17.2 Å². The van der Waals surface area contributed by atoms with Gasteiger partial charge in [0.05, 0.1) is 19.3 Å². The third kappa shape index (κ3) is 1.21. The molecule has 16 heavy (non-hydrogen) atoms. The van der Waals surface area contributed by atoms with E-state index in [4.69, 9.17) is 21.6 Å². The third-order valence-corrected chi connectivity index (χ3v) is 2.87. The Labute approximate surface area is 96.2 Å². The summed E-state index contributed by atoms with van der Waals surface area (Å²) in [5, 5.41) is 14.0. The Balaban J connectivity index is 2.16. The number of nitriles is 1. The van der Waals surface area contributed by atoms with Gasteiger partial charge in [0.15, 0.2) is 16.9 Å². The molecule has 0 saturated carbocycles. The minimum absolute atomic E-state index is 0.355. The number of rotatable bonds is 1. The highest BCUT2D eigenvalue weighted by molar-refractivity contribution is 6.30. The van der Waals surface area contributed by atoms with Crippen LogP contribution in [0.15, 0.2) is 18.3 Å². The molecule has 3 heterocycles. The lowest BCUT2D eigenvalue weighted by Gasteiger charge is -2.31. The van der Waals surface area contributed by atoms with Crippen molar-refractivity contribution in [1.29, 1.82) is 5.26 Å². The standard InChI is InChI=1S/C10H7ClN4O/c11-7-1-2-15-8(3-7)13-9(14-15)10(4-12)5-16-6-10/h1-3H,5-6H2. The van der Waals surface area contributed by atoms with Crippen LogP contribution in [-0.4, -0.2) is 27.8 Å². The van der Waals surface area contributed by atoms with Gasteiger partial charge in [-0.05, 0) is 6.07 Å². The van der Waals surface area contributed by atoms with Gasteiger partial charge in [-0.15, -0.1) is 5.10 Å². The zero-order valence-corrected chi connectivity index (χ0v) is 8.98. The van der Waals surface area contributed by atoms with Gasteiger partial charge in [-0.1, -0.05) is 11.6 Å². The first-order valence-electron chi connectivity index (χ1n) is 4.75. The van der Waals surface area contributed by atoms with E-state index in [1.165, 1.54) is 0 Å². The summed E-state index contributed by atoms with van der Waals surface area (Å²) in [5.74, 6) is 0.503. The Morgan fingerprint density at radius 1 is 1.56 bits per heavy atom. The van der Waals surface area contributed by atoms with Crippen molar-refractivity contribution in [3.05, 3.63) is 29.2 Å². The van der Waals surface area contributed by atoms with Crippen LogP contribution in [0.3, 0.4) is 0 Å². The molecule has 0 bridgehead atoms. The van der Waals surface area contributed by atoms with Crippen molar-refractivity contribution in [2.24, 2.45) is 0 Å². The monoisotopic (exact) mass is 234 g/mol. The van der Waals surface area contributed by atoms with Gasteiger partial charge in [-0.25, -0.2) is 9.50 Å². The van der Waals surface area contributed by atoms with Gasteiger partial charge >= 0.3 is 0 Å². The highest BCUT2D eigenvalue weighted by Crippen LogP contribution is 2.29. The molecule has 3 rings (SSSR count). The number of hydrogen-bond acceptors (Lipinski definition) is 4. The minimum Gasteiger partial charge on any atom is -0.377 e. The zero-order valence-electron chi connectivity index (χ0n) is 8.22. The second-order valence-electron chi connectivity index (χ2n) is 3.77. The van der Waals surface area contributed by atoms with E-state index in [1.807, 2.05) is 0 Å². The number of fused-ring (bicyclic) bond motifs is 1. The molecule has 1 saturated heterocycles. The quantitative estimate of drug-likeness (QED) is 0.743. The molecule has 0 spiro atoms. The molecule has 2 aromatic rings. The van der Waals surface area contributed by atoms with Crippen LogP contribution in [0.2, 0.25) is 5.02 Å². The Morgan fingerprint density at radius 3 is 3.00 bits per heavy atom. The van der Waals surface area contributed by atoms with E-state index in [-0.39, 0.29) is 0 Å². The average molecular weight is 235 g/mol. The molecule has 0 aliphatic carbocycles. The lowest BCUT2D eigenvalue weighted by atomic mass is 9.87. The maximum atomic E-state index is 9.12. The summed E-state index contributed by atoms with van der Waals surface area (Å²) in [7, 11) is 0. The molecule has 0 amide bonds. The van der Waals surface area contributed by atoms with Crippen molar-refractivity contribution in [3.63, 3.8) is 0 Å². The maximum Gasteiger partial charge on any atom is 0.176 e. The molecule has 1 fully saturated rings. The molecule has 2 aromatic heterocycles. The second-order valence-corrected chi connectivity index (χ2v) is 4.21. The Hall–Kier alpha value is -1.64. The molecular formula is C10H7ClN4O. The first kappa shape index (κ1) is 9.58. The number of ether oxygens (including phenoxy) is 1. The van der Waals surface area contributed by atoms with Crippen LogP contribution in [0.25, 0.3) is 5.65 Å². The largest absolute Gasteiger partial charge is 0.377 e. The molecule has 1 aliphatic heterocycles. The maximum absolute atomic E-state index is 9.12. The first-order chi connectivity index (χ1) is 7.73. The van der Waals surface area contributed by atoms with E-state index >= 15 is 0 Å². The number of halogens is 1. The molecule has 80 valence electrons. The van der Waals surface area contributed by atoms with E-state index in [9.17, 15) is 0 Å². The van der Waals surface area contributed by atoms with Crippen LogP contribution in [-0.2, 0) is 10.2 Å². The van der Waals surface area contributed by atoms with Gasteiger partial charge in [-0.2, -0.15) is 5.26 Å². The number of hydrogen-bond donors (Lipinski definition) is 0. The Morgan fingerprint density at radius 2 is 2.38 bits per heavy atom. The second kappa shape index (κ2) is 3.17. The first-order valence-corrected chi connectivity index (χ1v) is 5.13. The van der Waals surface area contributed by atoms with Gasteiger partial charge in [0.2, 0.25) is 0 Å². The number of pyridine rings is 1. The highest BCUT2D eigenvalue weighted by atomic mass is 35.5. The fourth-order valence-electron chi connectivity index (χ4n) is 1.61. The van der Waals surface area contributed by atoms with E-state index < -0.39 is 5.41 Å². The summed E-state index contributed by atoms with van der Waals surface area (Å²) < 4.78 is 6.68. The van der Waals surface area contributed by atoms with Gasteiger partial charge in [-0.3, -0.25) is 0 Å². The molecule has 0 unspecified atom stereocenters. The summed E-state index contributed by atoms with van der Waals surface area (Å²) in [5.41, 5.74) is -0.0394. The van der Waals surface area contributed by atoms with Crippen molar-refractivity contribution in [2.45, 2.75) is 5.41 Å². The summed E-state index contributed by atoms with van der Waals surface area (Å²) in [4.78, 5) is 4.30. The number of aromatic nitrogens is 3. The van der Waals surface area contributed by atoms with Crippen molar-refractivity contribution in [3.8, 4) is 6.07 Å². The molecular weight excluding hydrogens is 228 g/mol. The fourth-order valence-corrected chi connectivity index (χ4v) is 1.76. The number of nitrogens with zero attached hydrogens (tertiary/aromatic N) is 4. The summed E-state index contributed by atoms with van der Waals surface area (Å²) in [6.45, 7) is 0.711. The predicted octanol–water partition coefficient (Wildman–Crippen LogP) is 1.17. The van der Waals surface area contributed by atoms with E-state index in [2.05, 4.69) is 16.2 Å². The highest BCUT2D eigenvalue weighted by Gasteiger charge is 2.44. The summed E-state index contributed by atoms with van der Waals surface area (Å²) in [6.07, 6.45) is 1.72. The molecule has 5 nitrogen and oxygen atoms in total. The van der Waals surface area contributed by atoms with E-state index in [0.717, 1.165) is 0 Å². The third-order valence-electron chi connectivity index (χ3n) is 2.64. The van der Waals surface area contributed by atoms with Crippen molar-refractivity contribution < 1.29 is 4.74 Å². The van der Waals surface area contributed by atoms with Crippen LogP contribution in [0.4, 0.5) is 0 Å². The lowest BCUT2D eigenvalue weighted by molar-refractivity contribution is -0.0337. The summed E-state index contributed by atoms with van der Waals surface area (Å²) in [6, 6.07) is 5.65. The van der Waals surface area contributed by atoms with Crippen LogP contribution in [0, 0.1) is 11.3 Å². The normalized spacial score (nSPS) is 18.0. The van der Waals surface area contributed by atoms with Gasteiger partial charge in [0, 0.05) is 17.3 Å². The lowest BCUT2D eigenvalue weighted by Crippen LogP contribution is -2.46. The average Bonchev–Trinajstić information content (AvgIpc) is 2.60. The Kier molecular flexibility index (Phi) is 1.90. The molecule has 0 radical (unpaired) electrons. The van der Waals surface area contributed by atoms with Crippen molar-refractivity contribution in [2.75, 3.05) is 13.2 Å². The smallest absolute Gasteiger partial charge is 0.176 e. The van der Waals surface area contributed by atoms with Crippen LogP contribution < -0.4 is 0 Å². The van der Waals surface area contributed by atoms with E-state index in [1.54, 1.807) is 22.8 Å². The van der Waals surface area contributed by atoms with Crippen LogP contribution >= 0.6 is 11.6 Å². The fraction of sp³-hybridized carbons (Fsp3) is 0.300. The minimum atomic E-state index is -0.682.